The van der Waals surface area contributed by atoms with Crippen LogP contribution >= 0.6 is 15.9 Å². The standard InChI is InChI=1S/C9H9BrN8/c1-5(7-13-16-17-14-7)11-9-12-8-6(10)3-2-4-18(8)15-9/h2-5H,1H3,(H,11,15)(H,13,14,16,17). The lowest BCUT2D eigenvalue weighted by atomic mass is 10.3. The Balaban J connectivity index is 1.89. The molecule has 0 aliphatic rings. The molecule has 3 aromatic heterocycles. The average Bonchev–Trinajstić information content (AvgIpc) is 2.97. The molecule has 1 unspecified atom stereocenters. The van der Waals surface area contributed by atoms with Gasteiger partial charge in [0.15, 0.2) is 11.5 Å². The molecular formula is C9H9BrN8. The van der Waals surface area contributed by atoms with Gasteiger partial charge < -0.3 is 5.32 Å². The third-order valence-electron chi connectivity index (χ3n) is 2.41. The largest absolute Gasteiger partial charge is 0.343 e. The van der Waals surface area contributed by atoms with Crippen LogP contribution in [0.3, 0.4) is 0 Å². The summed E-state index contributed by atoms with van der Waals surface area (Å²) in [4.78, 5) is 4.37. The van der Waals surface area contributed by atoms with Crippen molar-refractivity contribution in [3.63, 3.8) is 0 Å². The fraction of sp³-hybridized carbons (Fsp3) is 0.222. The Kier molecular flexibility index (Phi) is 2.67. The van der Waals surface area contributed by atoms with Crippen LogP contribution in [0.25, 0.3) is 5.65 Å². The van der Waals surface area contributed by atoms with Crippen LogP contribution in [0.1, 0.15) is 18.8 Å². The molecule has 0 saturated heterocycles. The predicted molar refractivity (Wildman–Crippen MR) is 66.9 cm³/mol. The second-order valence-electron chi connectivity index (χ2n) is 3.70. The van der Waals surface area contributed by atoms with Gasteiger partial charge in [-0.2, -0.15) is 10.2 Å². The summed E-state index contributed by atoms with van der Waals surface area (Å²) in [5.41, 5.74) is 0.750. The summed E-state index contributed by atoms with van der Waals surface area (Å²) in [6.07, 6.45) is 1.83. The third-order valence-corrected chi connectivity index (χ3v) is 3.03. The number of aromatic nitrogens is 7. The number of tetrazole rings is 1. The van der Waals surface area contributed by atoms with Crippen molar-refractivity contribution < 1.29 is 0 Å². The molecule has 0 aliphatic carbocycles. The van der Waals surface area contributed by atoms with Crippen molar-refractivity contribution in [2.45, 2.75) is 13.0 Å². The summed E-state index contributed by atoms with van der Waals surface area (Å²) in [6, 6.07) is 3.68. The first kappa shape index (κ1) is 11.1. The Morgan fingerprint density at radius 3 is 3.11 bits per heavy atom. The van der Waals surface area contributed by atoms with Crippen molar-refractivity contribution in [3.05, 3.63) is 28.6 Å². The number of anilines is 1. The van der Waals surface area contributed by atoms with Gasteiger partial charge >= 0.3 is 0 Å². The number of nitrogens with zero attached hydrogens (tertiary/aromatic N) is 6. The van der Waals surface area contributed by atoms with Gasteiger partial charge in [-0.1, -0.05) is 5.21 Å². The van der Waals surface area contributed by atoms with Crippen molar-refractivity contribution >= 4 is 27.5 Å². The molecule has 92 valence electrons. The SMILES string of the molecule is CC(Nc1nc2c(Br)cccn2n1)c1nn[nH]n1. The molecule has 0 spiro atoms. The number of pyridine rings is 1. The summed E-state index contributed by atoms with van der Waals surface area (Å²) in [7, 11) is 0. The first-order valence-electron chi connectivity index (χ1n) is 5.25. The molecule has 0 radical (unpaired) electrons. The maximum absolute atomic E-state index is 4.37. The molecule has 0 aliphatic heterocycles. The minimum absolute atomic E-state index is 0.125. The highest BCUT2D eigenvalue weighted by atomic mass is 79.9. The normalized spacial score (nSPS) is 12.8. The zero-order valence-electron chi connectivity index (χ0n) is 9.37. The fourth-order valence-corrected chi connectivity index (χ4v) is 1.97. The highest BCUT2D eigenvalue weighted by Crippen LogP contribution is 2.18. The molecule has 9 heteroatoms. The van der Waals surface area contributed by atoms with Gasteiger partial charge in [0.1, 0.15) is 0 Å². The Morgan fingerprint density at radius 2 is 2.39 bits per heavy atom. The Labute approximate surface area is 110 Å². The number of hydrogen-bond acceptors (Lipinski definition) is 6. The van der Waals surface area contributed by atoms with E-state index in [0.717, 1.165) is 10.1 Å². The quantitative estimate of drug-likeness (QED) is 0.754. The van der Waals surface area contributed by atoms with Gasteiger partial charge in [0.25, 0.3) is 0 Å². The van der Waals surface area contributed by atoms with Crippen LogP contribution in [0.15, 0.2) is 22.8 Å². The molecule has 0 fully saturated rings. The van der Waals surface area contributed by atoms with Crippen LogP contribution < -0.4 is 5.32 Å². The topological polar surface area (TPSA) is 96.7 Å². The van der Waals surface area contributed by atoms with E-state index in [4.69, 9.17) is 0 Å². The van der Waals surface area contributed by atoms with E-state index in [0.29, 0.717) is 11.8 Å². The number of halogens is 1. The maximum atomic E-state index is 4.37. The van der Waals surface area contributed by atoms with Crippen LogP contribution in [0.5, 0.6) is 0 Å². The second-order valence-corrected chi connectivity index (χ2v) is 4.55. The number of hydrogen-bond donors (Lipinski definition) is 2. The van der Waals surface area contributed by atoms with Crippen molar-refractivity contribution in [2.24, 2.45) is 0 Å². The van der Waals surface area contributed by atoms with Crippen LogP contribution in [0.2, 0.25) is 0 Å². The van der Waals surface area contributed by atoms with Crippen LogP contribution in [0.4, 0.5) is 5.95 Å². The first-order valence-corrected chi connectivity index (χ1v) is 6.04. The van der Waals surface area contributed by atoms with Gasteiger partial charge in [-0.15, -0.1) is 15.3 Å². The van der Waals surface area contributed by atoms with E-state index in [1.807, 2.05) is 25.3 Å². The summed E-state index contributed by atoms with van der Waals surface area (Å²) < 4.78 is 2.58. The first-order chi connectivity index (χ1) is 8.74. The number of rotatable bonds is 3. The van der Waals surface area contributed by atoms with E-state index in [2.05, 4.69) is 52.0 Å². The third kappa shape index (κ3) is 1.92. The number of aromatic amines is 1. The lowest BCUT2D eigenvalue weighted by Gasteiger charge is -2.05. The summed E-state index contributed by atoms with van der Waals surface area (Å²) in [5.74, 6) is 1.08. The summed E-state index contributed by atoms with van der Waals surface area (Å²) in [5, 5.41) is 21.1. The number of nitrogens with one attached hydrogen (secondary N) is 2. The van der Waals surface area contributed by atoms with E-state index >= 15 is 0 Å². The van der Waals surface area contributed by atoms with Gasteiger partial charge in [-0.3, -0.25) is 0 Å². The highest BCUT2D eigenvalue weighted by Gasteiger charge is 2.13. The average molecular weight is 309 g/mol. The fourth-order valence-electron chi connectivity index (χ4n) is 1.55. The molecule has 0 amide bonds. The Hall–Kier alpha value is -2.03. The van der Waals surface area contributed by atoms with Gasteiger partial charge in [-0.05, 0) is 35.0 Å². The molecule has 0 saturated carbocycles. The van der Waals surface area contributed by atoms with E-state index < -0.39 is 0 Å². The van der Waals surface area contributed by atoms with Crippen molar-refractivity contribution in [2.75, 3.05) is 5.32 Å². The van der Waals surface area contributed by atoms with E-state index in [9.17, 15) is 0 Å². The summed E-state index contributed by atoms with van der Waals surface area (Å²) in [6.45, 7) is 1.91. The molecule has 18 heavy (non-hydrogen) atoms. The number of fused-ring (bicyclic) bond motifs is 1. The monoisotopic (exact) mass is 308 g/mol. The smallest absolute Gasteiger partial charge is 0.243 e. The highest BCUT2D eigenvalue weighted by molar-refractivity contribution is 9.10. The summed E-state index contributed by atoms with van der Waals surface area (Å²) >= 11 is 3.42. The zero-order valence-corrected chi connectivity index (χ0v) is 11.0. The molecule has 3 aromatic rings. The maximum Gasteiger partial charge on any atom is 0.243 e. The molecule has 1 atom stereocenters. The van der Waals surface area contributed by atoms with Crippen LogP contribution in [-0.2, 0) is 0 Å². The van der Waals surface area contributed by atoms with Gasteiger partial charge in [0.2, 0.25) is 5.95 Å². The van der Waals surface area contributed by atoms with E-state index in [1.54, 1.807) is 4.52 Å². The molecule has 2 N–H and O–H groups in total. The zero-order chi connectivity index (χ0) is 12.5. The minimum Gasteiger partial charge on any atom is -0.343 e. The van der Waals surface area contributed by atoms with Crippen molar-refractivity contribution in [1.82, 2.24) is 35.2 Å². The van der Waals surface area contributed by atoms with E-state index in [1.165, 1.54) is 0 Å². The molecule has 3 rings (SSSR count). The lowest BCUT2D eigenvalue weighted by molar-refractivity contribution is 0.779. The van der Waals surface area contributed by atoms with Gasteiger partial charge in [0, 0.05) is 6.20 Å². The lowest BCUT2D eigenvalue weighted by Crippen LogP contribution is -2.09. The second kappa shape index (κ2) is 4.33. The molecule has 8 nitrogen and oxygen atoms in total. The van der Waals surface area contributed by atoms with Crippen LogP contribution in [0, 0.1) is 0 Å². The van der Waals surface area contributed by atoms with Crippen LogP contribution in [-0.4, -0.2) is 35.2 Å². The van der Waals surface area contributed by atoms with Crippen molar-refractivity contribution in [3.8, 4) is 0 Å². The van der Waals surface area contributed by atoms with Gasteiger partial charge in [0.05, 0.1) is 10.5 Å². The molecule has 3 heterocycles. The van der Waals surface area contributed by atoms with Gasteiger partial charge in [-0.25, -0.2) is 4.52 Å². The Morgan fingerprint density at radius 1 is 1.50 bits per heavy atom. The van der Waals surface area contributed by atoms with E-state index in [-0.39, 0.29) is 6.04 Å². The predicted octanol–water partition coefficient (Wildman–Crippen LogP) is 1.18. The van der Waals surface area contributed by atoms with Crippen molar-refractivity contribution in [1.29, 1.82) is 0 Å². The Bertz CT molecular complexity index is 660. The molecule has 0 bridgehead atoms. The molecule has 0 aromatic carbocycles. The molecular weight excluding hydrogens is 300 g/mol. The minimum atomic E-state index is -0.125. The number of H-pyrrole nitrogens is 1.